The molecule has 1 aromatic carbocycles. The lowest BCUT2D eigenvalue weighted by Gasteiger charge is -2.07. The minimum absolute atomic E-state index is 0.287. The fraction of sp³-hybridized carbons (Fsp3) is 0.333. The third kappa shape index (κ3) is 3.02. The Kier molecular flexibility index (Phi) is 3.69. The van der Waals surface area contributed by atoms with Crippen LogP contribution in [0.25, 0.3) is 0 Å². The molecule has 0 fully saturated rings. The van der Waals surface area contributed by atoms with Crippen molar-refractivity contribution in [2.45, 2.75) is 27.4 Å². The average Bonchev–Trinajstić information content (AvgIpc) is 2.66. The molecule has 0 saturated heterocycles. The number of hydrogen-bond acceptors (Lipinski definition) is 3. The van der Waals surface area contributed by atoms with E-state index in [0.717, 1.165) is 11.3 Å². The standard InChI is InChI=1S/C15H18N2O2/c1-10-5-11(2)7-13(6-10)9-19-15(18)14-8-16-17(4)12(14)3/h5-8H,9H2,1-4H3. The fourth-order valence-electron chi connectivity index (χ4n) is 2.08. The van der Waals surface area contributed by atoms with Gasteiger partial charge in [0.05, 0.1) is 6.20 Å². The van der Waals surface area contributed by atoms with Crippen LogP contribution in [0.15, 0.2) is 24.4 Å². The molecule has 2 rings (SSSR count). The molecule has 0 unspecified atom stereocenters. The molecule has 4 heteroatoms. The molecule has 0 N–H and O–H groups in total. The van der Waals surface area contributed by atoms with Crippen molar-refractivity contribution in [1.29, 1.82) is 0 Å². The molecule has 4 nitrogen and oxygen atoms in total. The lowest BCUT2D eigenvalue weighted by atomic mass is 10.1. The highest BCUT2D eigenvalue weighted by molar-refractivity contribution is 5.90. The third-order valence-corrected chi connectivity index (χ3v) is 3.11. The van der Waals surface area contributed by atoms with Crippen molar-refractivity contribution in [3.8, 4) is 0 Å². The van der Waals surface area contributed by atoms with Crippen molar-refractivity contribution in [3.63, 3.8) is 0 Å². The first-order valence-electron chi connectivity index (χ1n) is 6.20. The van der Waals surface area contributed by atoms with E-state index in [-0.39, 0.29) is 12.6 Å². The van der Waals surface area contributed by atoms with E-state index in [1.54, 1.807) is 17.9 Å². The fourth-order valence-corrected chi connectivity index (χ4v) is 2.08. The minimum Gasteiger partial charge on any atom is -0.457 e. The van der Waals surface area contributed by atoms with E-state index in [1.807, 2.05) is 32.9 Å². The molecule has 0 atom stereocenters. The highest BCUT2D eigenvalue weighted by atomic mass is 16.5. The van der Waals surface area contributed by atoms with Crippen LogP contribution in [0.3, 0.4) is 0 Å². The van der Waals surface area contributed by atoms with Crippen molar-refractivity contribution in [1.82, 2.24) is 9.78 Å². The van der Waals surface area contributed by atoms with Crippen molar-refractivity contribution >= 4 is 5.97 Å². The van der Waals surface area contributed by atoms with E-state index in [0.29, 0.717) is 5.56 Å². The molecule has 1 heterocycles. The number of esters is 1. The largest absolute Gasteiger partial charge is 0.457 e. The highest BCUT2D eigenvalue weighted by Crippen LogP contribution is 2.12. The van der Waals surface area contributed by atoms with Gasteiger partial charge in [0.1, 0.15) is 12.2 Å². The maximum atomic E-state index is 11.9. The molecular weight excluding hydrogens is 240 g/mol. The number of hydrogen-bond donors (Lipinski definition) is 0. The Labute approximate surface area is 113 Å². The molecule has 19 heavy (non-hydrogen) atoms. The van der Waals surface area contributed by atoms with E-state index in [4.69, 9.17) is 4.74 Å². The van der Waals surface area contributed by atoms with Gasteiger partial charge < -0.3 is 4.74 Å². The van der Waals surface area contributed by atoms with E-state index < -0.39 is 0 Å². The maximum Gasteiger partial charge on any atom is 0.341 e. The summed E-state index contributed by atoms with van der Waals surface area (Å²) >= 11 is 0. The van der Waals surface area contributed by atoms with Gasteiger partial charge in [0.2, 0.25) is 0 Å². The summed E-state index contributed by atoms with van der Waals surface area (Å²) in [5.41, 5.74) is 4.68. The summed E-state index contributed by atoms with van der Waals surface area (Å²) in [7, 11) is 1.80. The predicted molar refractivity (Wildman–Crippen MR) is 73.0 cm³/mol. The summed E-state index contributed by atoms with van der Waals surface area (Å²) in [6, 6.07) is 6.14. The van der Waals surface area contributed by atoms with Gasteiger partial charge in [0, 0.05) is 12.7 Å². The monoisotopic (exact) mass is 258 g/mol. The Morgan fingerprint density at radius 1 is 1.21 bits per heavy atom. The van der Waals surface area contributed by atoms with E-state index in [2.05, 4.69) is 11.2 Å². The lowest BCUT2D eigenvalue weighted by molar-refractivity contribution is 0.0471. The third-order valence-electron chi connectivity index (χ3n) is 3.11. The lowest BCUT2D eigenvalue weighted by Crippen LogP contribution is -2.07. The van der Waals surface area contributed by atoms with Gasteiger partial charge in [-0.2, -0.15) is 5.10 Å². The van der Waals surface area contributed by atoms with E-state index >= 15 is 0 Å². The van der Waals surface area contributed by atoms with Crippen molar-refractivity contribution in [3.05, 3.63) is 52.3 Å². The van der Waals surface area contributed by atoms with Crippen LogP contribution < -0.4 is 0 Å². The second-order valence-corrected chi connectivity index (χ2v) is 4.84. The van der Waals surface area contributed by atoms with Crippen LogP contribution in [0.2, 0.25) is 0 Å². The van der Waals surface area contributed by atoms with Gasteiger partial charge in [-0.3, -0.25) is 4.68 Å². The van der Waals surface area contributed by atoms with Gasteiger partial charge in [0.15, 0.2) is 0 Å². The molecule has 0 aliphatic heterocycles. The zero-order valence-corrected chi connectivity index (χ0v) is 11.7. The van der Waals surface area contributed by atoms with Gasteiger partial charge in [-0.25, -0.2) is 4.79 Å². The number of rotatable bonds is 3. The quantitative estimate of drug-likeness (QED) is 0.795. The van der Waals surface area contributed by atoms with Crippen molar-refractivity contribution in [2.75, 3.05) is 0 Å². The summed E-state index contributed by atoms with van der Waals surface area (Å²) in [5.74, 6) is -0.329. The Bertz CT molecular complexity index is 594. The van der Waals surface area contributed by atoms with E-state index in [9.17, 15) is 4.79 Å². The highest BCUT2D eigenvalue weighted by Gasteiger charge is 2.14. The van der Waals surface area contributed by atoms with Gasteiger partial charge in [0.25, 0.3) is 0 Å². The molecule has 1 aromatic heterocycles. The van der Waals surface area contributed by atoms with Gasteiger partial charge in [-0.05, 0) is 26.3 Å². The number of aromatic nitrogens is 2. The molecular formula is C15H18N2O2. The van der Waals surface area contributed by atoms with Crippen molar-refractivity contribution < 1.29 is 9.53 Å². The SMILES string of the molecule is Cc1cc(C)cc(COC(=O)c2cnn(C)c2C)c1. The second kappa shape index (κ2) is 5.26. The van der Waals surface area contributed by atoms with Gasteiger partial charge in [-0.1, -0.05) is 29.3 Å². The first kappa shape index (κ1) is 13.3. The molecule has 0 spiro atoms. The summed E-state index contributed by atoms with van der Waals surface area (Å²) in [4.78, 5) is 11.9. The number of ether oxygens (including phenoxy) is 1. The Morgan fingerprint density at radius 2 is 1.84 bits per heavy atom. The summed E-state index contributed by atoms with van der Waals surface area (Å²) in [6.45, 7) is 6.20. The summed E-state index contributed by atoms with van der Waals surface area (Å²) in [6.07, 6.45) is 1.54. The first-order chi connectivity index (χ1) is 8.97. The molecule has 100 valence electrons. The molecule has 0 bridgehead atoms. The Hall–Kier alpha value is -2.10. The molecule has 0 amide bonds. The zero-order valence-electron chi connectivity index (χ0n) is 11.7. The molecule has 0 radical (unpaired) electrons. The molecule has 0 aliphatic rings. The Morgan fingerprint density at radius 3 is 2.37 bits per heavy atom. The number of nitrogens with zero attached hydrogens (tertiary/aromatic N) is 2. The second-order valence-electron chi connectivity index (χ2n) is 4.84. The molecule has 0 aliphatic carbocycles. The predicted octanol–water partition coefficient (Wildman–Crippen LogP) is 2.70. The van der Waals surface area contributed by atoms with Crippen LogP contribution in [-0.2, 0) is 18.4 Å². The maximum absolute atomic E-state index is 11.9. The Balaban J connectivity index is 2.06. The number of carbonyl (C=O) groups excluding carboxylic acids is 1. The van der Waals surface area contributed by atoms with Crippen LogP contribution in [0, 0.1) is 20.8 Å². The van der Waals surface area contributed by atoms with Crippen LogP contribution >= 0.6 is 0 Å². The summed E-state index contributed by atoms with van der Waals surface area (Å²) < 4.78 is 6.99. The van der Waals surface area contributed by atoms with Crippen molar-refractivity contribution in [2.24, 2.45) is 7.05 Å². The minimum atomic E-state index is -0.329. The normalized spacial score (nSPS) is 10.5. The average molecular weight is 258 g/mol. The van der Waals surface area contributed by atoms with Gasteiger partial charge >= 0.3 is 5.97 Å². The number of carbonyl (C=O) groups is 1. The zero-order chi connectivity index (χ0) is 14.0. The number of benzene rings is 1. The topological polar surface area (TPSA) is 44.1 Å². The van der Waals surface area contributed by atoms with Crippen LogP contribution in [0.1, 0.15) is 32.7 Å². The first-order valence-corrected chi connectivity index (χ1v) is 6.20. The van der Waals surface area contributed by atoms with Crippen LogP contribution in [0.5, 0.6) is 0 Å². The van der Waals surface area contributed by atoms with Gasteiger partial charge in [-0.15, -0.1) is 0 Å². The van der Waals surface area contributed by atoms with Crippen LogP contribution in [0.4, 0.5) is 0 Å². The summed E-state index contributed by atoms with van der Waals surface area (Å²) in [5, 5.41) is 4.04. The van der Waals surface area contributed by atoms with Crippen LogP contribution in [-0.4, -0.2) is 15.7 Å². The number of aryl methyl sites for hydroxylation is 3. The smallest absolute Gasteiger partial charge is 0.341 e. The molecule has 0 saturated carbocycles. The molecule has 2 aromatic rings. The van der Waals surface area contributed by atoms with E-state index in [1.165, 1.54) is 11.1 Å².